The number of benzene rings is 1. The third-order valence-corrected chi connectivity index (χ3v) is 6.25. The summed E-state index contributed by atoms with van der Waals surface area (Å²) in [5.41, 5.74) is -0.125. The highest BCUT2D eigenvalue weighted by molar-refractivity contribution is 5.33. The fourth-order valence-electron chi connectivity index (χ4n) is 4.70. The lowest BCUT2D eigenvalue weighted by Crippen LogP contribution is -2.44. The first kappa shape index (κ1) is 20.5. The molecule has 2 fully saturated rings. The van der Waals surface area contributed by atoms with Crippen LogP contribution in [-0.4, -0.2) is 41.6 Å². The number of hydrogen-bond donors (Lipinski definition) is 1. The minimum absolute atomic E-state index is 0.204. The molecule has 2 aliphatic rings. The molecule has 2 atom stereocenters. The average molecular weight is 385 g/mol. The van der Waals surface area contributed by atoms with Crippen molar-refractivity contribution in [3.63, 3.8) is 0 Å². The highest BCUT2D eigenvalue weighted by Crippen LogP contribution is 2.42. The number of nitrogens with zero attached hydrogens (tertiary/aromatic N) is 1. The average Bonchev–Trinajstić information content (AvgIpc) is 3.07. The molecule has 1 N–H and O–H groups in total. The molecule has 0 amide bonds. The standard InChI is InChI=1S/C21H30F3NO2/c1-2-16-9-12-25(14-16)15-19(20(26)10-4-3-5-11-20)17-7-6-8-18(13-17)27-21(22,23)24/h6-8,13,16,19,26H,2-5,9-12,14-15H2,1H3/t16-,19?/m1/s1. The molecule has 1 saturated carbocycles. The Balaban J connectivity index is 1.84. The molecule has 0 aromatic heterocycles. The summed E-state index contributed by atoms with van der Waals surface area (Å²) < 4.78 is 42.0. The van der Waals surface area contributed by atoms with Crippen molar-refractivity contribution in [3.05, 3.63) is 29.8 Å². The highest BCUT2D eigenvalue weighted by Gasteiger charge is 2.41. The van der Waals surface area contributed by atoms with Crippen molar-refractivity contribution in [2.45, 2.75) is 69.8 Å². The number of rotatable bonds is 6. The topological polar surface area (TPSA) is 32.7 Å². The second-order valence-electron chi connectivity index (χ2n) is 8.16. The number of halogens is 3. The fourth-order valence-corrected chi connectivity index (χ4v) is 4.70. The van der Waals surface area contributed by atoms with Gasteiger partial charge in [0.1, 0.15) is 5.75 Å². The number of alkyl halides is 3. The second kappa shape index (κ2) is 8.39. The molecule has 27 heavy (non-hydrogen) atoms. The third-order valence-electron chi connectivity index (χ3n) is 6.25. The SMILES string of the molecule is CC[C@@H]1CCN(CC(c2cccc(OC(F)(F)F)c2)C2(O)CCCCC2)C1. The van der Waals surface area contributed by atoms with Gasteiger partial charge in [-0.2, -0.15) is 0 Å². The van der Waals surface area contributed by atoms with Crippen LogP contribution in [0.1, 0.15) is 63.4 Å². The van der Waals surface area contributed by atoms with Gasteiger partial charge in [-0.1, -0.05) is 44.7 Å². The Bertz CT molecular complexity index is 614. The van der Waals surface area contributed by atoms with E-state index in [9.17, 15) is 18.3 Å². The Morgan fingerprint density at radius 3 is 2.63 bits per heavy atom. The number of aliphatic hydroxyl groups is 1. The van der Waals surface area contributed by atoms with Gasteiger partial charge in [-0.3, -0.25) is 0 Å². The minimum atomic E-state index is -4.71. The van der Waals surface area contributed by atoms with Crippen LogP contribution in [0.2, 0.25) is 0 Å². The van der Waals surface area contributed by atoms with Gasteiger partial charge in [-0.05, 0) is 49.4 Å². The summed E-state index contributed by atoms with van der Waals surface area (Å²) in [7, 11) is 0. The van der Waals surface area contributed by atoms with E-state index < -0.39 is 12.0 Å². The Morgan fingerprint density at radius 1 is 1.26 bits per heavy atom. The molecule has 1 aliphatic heterocycles. The first-order valence-corrected chi connectivity index (χ1v) is 10.1. The van der Waals surface area contributed by atoms with Crippen LogP contribution < -0.4 is 4.74 Å². The van der Waals surface area contributed by atoms with Crippen LogP contribution in [0.4, 0.5) is 13.2 Å². The van der Waals surface area contributed by atoms with Crippen LogP contribution >= 0.6 is 0 Å². The number of hydrogen-bond acceptors (Lipinski definition) is 3. The molecule has 3 rings (SSSR count). The lowest BCUT2D eigenvalue weighted by atomic mass is 9.72. The summed E-state index contributed by atoms with van der Waals surface area (Å²) in [6, 6.07) is 6.20. The molecule has 1 saturated heterocycles. The summed E-state index contributed by atoms with van der Waals surface area (Å²) in [4.78, 5) is 2.36. The van der Waals surface area contributed by atoms with E-state index in [-0.39, 0.29) is 11.7 Å². The molecular formula is C21H30F3NO2. The molecule has 152 valence electrons. The lowest BCUT2D eigenvalue weighted by molar-refractivity contribution is -0.274. The molecule has 6 heteroatoms. The van der Waals surface area contributed by atoms with Gasteiger partial charge >= 0.3 is 6.36 Å². The van der Waals surface area contributed by atoms with Gasteiger partial charge in [0.2, 0.25) is 0 Å². The van der Waals surface area contributed by atoms with Gasteiger partial charge in [0.05, 0.1) is 5.60 Å². The molecule has 0 radical (unpaired) electrons. The number of likely N-dealkylation sites (tertiary alicyclic amines) is 1. The van der Waals surface area contributed by atoms with E-state index in [4.69, 9.17) is 0 Å². The Hall–Kier alpha value is -1.27. The summed E-state index contributed by atoms with van der Waals surface area (Å²) in [5, 5.41) is 11.4. The second-order valence-corrected chi connectivity index (χ2v) is 8.16. The molecule has 1 aromatic carbocycles. The van der Waals surface area contributed by atoms with E-state index in [2.05, 4.69) is 16.6 Å². The summed E-state index contributed by atoms with van der Waals surface area (Å²) >= 11 is 0. The Morgan fingerprint density at radius 2 is 2.00 bits per heavy atom. The molecule has 1 heterocycles. The first-order valence-electron chi connectivity index (χ1n) is 10.1. The predicted octanol–water partition coefficient (Wildman–Crippen LogP) is 5.10. The monoisotopic (exact) mass is 385 g/mol. The van der Waals surface area contributed by atoms with E-state index in [0.29, 0.717) is 25.3 Å². The van der Waals surface area contributed by atoms with Crippen molar-refractivity contribution >= 4 is 0 Å². The van der Waals surface area contributed by atoms with Gasteiger partial charge in [0, 0.05) is 19.0 Å². The minimum Gasteiger partial charge on any atom is -0.406 e. The van der Waals surface area contributed by atoms with Crippen molar-refractivity contribution < 1.29 is 23.0 Å². The van der Waals surface area contributed by atoms with Crippen LogP contribution in [0.5, 0.6) is 5.75 Å². The summed E-state index contributed by atoms with van der Waals surface area (Å²) in [5.74, 6) is 0.258. The normalized spacial score (nSPS) is 24.7. The van der Waals surface area contributed by atoms with Crippen LogP contribution in [-0.2, 0) is 0 Å². The number of ether oxygens (including phenoxy) is 1. The van der Waals surface area contributed by atoms with Crippen LogP contribution in [0.15, 0.2) is 24.3 Å². The van der Waals surface area contributed by atoms with Crippen molar-refractivity contribution in [2.75, 3.05) is 19.6 Å². The van der Waals surface area contributed by atoms with Crippen LogP contribution in [0.25, 0.3) is 0 Å². The van der Waals surface area contributed by atoms with Gasteiger partial charge in [0.15, 0.2) is 0 Å². The van der Waals surface area contributed by atoms with Gasteiger partial charge in [0.25, 0.3) is 0 Å². The van der Waals surface area contributed by atoms with Gasteiger partial charge in [-0.15, -0.1) is 13.2 Å². The smallest absolute Gasteiger partial charge is 0.406 e. The van der Waals surface area contributed by atoms with Crippen molar-refractivity contribution in [2.24, 2.45) is 5.92 Å². The molecule has 1 aromatic rings. The van der Waals surface area contributed by atoms with E-state index >= 15 is 0 Å². The van der Waals surface area contributed by atoms with Gasteiger partial charge in [-0.25, -0.2) is 0 Å². The molecule has 1 unspecified atom stereocenters. The van der Waals surface area contributed by atoms with E-state index in [0.717, 1.165) is 50.8 Å². The molecule has 1 aliphatic carbocycles. The van der Waals surface area contributed by atoms with Crippen molar-refractivity contribution in [1.82, 2.24) is 4.90 Å². The Labute approximate surface area is 159 Å². The molecule has 0 spiro atoms. The zero-order valence-corrected chi connectivity index (χ0v) is 16.0. The predicted molar refractivity (Wildman–Crippen MR) is 98.7 cm³/mol. The van der Waals surface area contributed by atoms with E-state index in [1.807, 2.05) is 6.07 Å². The summed E-state index contributed by atoms with van der Waals surface area (Å²) in [6.45, 7) is 4.87. The third kappa shape index (κ3) is 5.38. The maximum atomic E-state index is 12.6. The van der Waals surface area contributed by atoms with E-state index in [1.54, 1.807) is 6.07 Å². The molecule has 3 nitrogen and oxygen atoms in total. The highest BCUT2D eigenvalue weighted by atomic mass is 19.4. The van der Waals surface area contributed by atoms with Crippen molar-refractivity contribution in [3.8, 4) is 5.75 Å². The quantitative estimate of drug-likeness (QED) is 0.740. The van der Waals surface area contributed by atoms with E-state index in [1.165, 1.54) is 12.1 Å². The fraction of sp³-hybridized carbons (Fsp3) is 0.714. The molecule has 0 bridgehead atoms. The van der Waals surface area contributed by atoms with Crippen LogP contribution in [0.3, 0.4) is 0 Å². The maximum Gasteiger partial charge on any atom is 0.573 e. The zero-order chi connectivity index (χ0) is 19.5. The Kier molecular flexibility index (Phi) is 6.36. The maximum absolute atomic E-state index is 12.6. The molecular weight excluding hydrogens is 355 g/mol. The first-order chi connectivity index (χ1) is 12.8. The van der Waals surface area contributed by atoms with Gasteiger partial charge < -0.3 is 14.7 Å². The van der Waals surface area contributed by atoms with Crippen LogP contribution in [0, 0.1) is 5.92 Å². The largest absolute Gasteiger partial charge is 0.573 e. The lowest BCUT2D eigenvalue weighted by Gasteiger charge is -2.41. The summed E-state index contributed by atoms with van der Waals surface area (Å²) in [6.07, 6.45) is 2.01. The van der Waals surface area contributed by atoms with Crippen molar-refractivity contribution in [1.29, 1.82) is 0 Å². The zero-order valence-electron chi connectivity index (χ0n) is 16.0.